The minimum atomic E-state index is -4.61. The number of nitrogens with zero attached hydrogens (tertiary/aromatic N) is 3. The maximum absolute atomic E-state index is 13.4. The topological polar surface area (TPSA) is 38.1 Å². The van der Waals surface area contributed by atoms with Gasteiger partial charge in [0.25, 0.3) is 5.91 Å². The Morgan fingerprint density at radius 3 is 2.67 bits per heavy atom. The van der Waals surface area contributed by atoms with Crippen molar-refractivity contribution in [2.24, 2.45) is 7.05 Å². The number of hydrogen-bond acceptors (Lipinski definition) is 2. The molecule has 0 spiro atoms. The van der Waals surface area contributed by atoms with E-state index in [0.717, 1.165) is 10.7 Å². The molecule has 1 fully saturated rings. The summed E-state index contributed by atoms with van der Waals surface area (Å²) in [6.45, 7) is 0.409. The summed E-state index contributed by atoms with van der Waals surface area (Å²) in [6.07, 6.45) is -3.26. The lowest BCUT2D eigenvalue weighted by Crippen LogP contribution is -2.32. The Hall–Kier alpha value is -2.38. The van der Waals surface area contributed by atoms with E-state index in [1.165, 1.54) is 24.1 Å². The monoisotopic (exact) mass is 341 g/mol. The second-order valence-electron chi connectivity index (χ2n) is 5.75. The zero-order chi connectivity index (χ0) is 17.5. The molecular formula is C16H15F4N3O. The van der Waals surface area contributed by atoms with Crippen molar-refractivity contribution in [1.29, 1.82) is 0 Å². The van der Waals surface area contributed by atoms with E-state index in [9.17, 15) is 22.4 Å². The van der Waals surface area contributed by atoms with Gasteiger partial charge < -0.3 is 4.90 Å². The van der Waals surface area contributed by atoms with Crippen LogP contribution in [0.25, 0.3) is 0 Å². The maximum atomic E-state index is 13.4. The fourth-order valence-electron chi connectivity index (χ4n) is 3.02. The third kappa shape index (κ3) is 3.00. The Labute approximate surface area is 135 Å². The molecule has 0 aliphatic carbocycles. The SMILES string of the molecule is Cn1nc(C(F)(F)F)cc1C(=O)N1CCC[C@@H]1c1cccc(F)c1. The standard InChI is InChI=1S/C16H15F4N3O/c1-22-13(9-14(21-22)16(18,19)20)15(24)23-7-3-6-12(23)10-4-2-5-11(17)8-10/h2,4-5,8-9,12H,3,6-7H2,1H3/t12-/m1/s1. The van der Waals surface area contributed by atoms with Crippen LogP contribution in [0.1, 0.15) is 40.6 Å². The molecule has 2 aromatic rings. The van der Waals surface area contributed by atoms with Gasteiger partial charge in [-0.2, -0.15) is 18.3 Å². The van der Waals surface area contributed by atoms with Gasteiger partial charge in [0.2, 0.25) is 0 Å². The van der Waals surface area contributed by atoms with Crippen molar-refractivity contribution in [3.8, 4) is 0 Å². The molecule has 1 aliphatic heterocycles. The molecule has 0 saturated carbocycles. The first kappa shape index (κ1) is 16.5. The first-order chi connectivity index (χ1) is 11.3. The molecule has 2 heterocycles. The summed E-state index contributed by atoms with van der Waals surface area (Å²) in [5, 5.41) is 3.37. The minimum Gasteiger partial charge on any atom is -0.330 e. The van der Waals surface area contributed by atoms with Crippen LogP contribution in [0, 0.1) is 5.82 Å². The quantitative estimate of drug-likeness (QED) is 0.784. The summed E-state index contributed by atoms with van der Waals surface area (Å²) in [7, 11) is 1.30. The number of alkyl halides is 3. The molecule has 0 bridgehead atoms. The lowest BCUT2D eigenvalue weighted by atomic mass is 10.0. The number of halogens is 4. The van der Waals surface area contributed by atoms with E-state index in [0.29, 0.717) is 24.9 Å². The molecule has 128 valence electrons. The number of hydrogen-bond donors (Lipinski definition) is 0. The van der Waals surface area contributed by atoms with Gasteiger partial charge in [-0.15, -0.1) is 0 Å². The lowest BCUT2D eigenvalue weighted by molar-refractivity contribution is -0.141. The van der Waals surface area contributed by atoms with Crippen molar-refractivity contribution in [3.63, 3.8) is 0 Å². The number of rotatable bonds is 2. The van der Waals surface area contributed by atoms with Gasteiger partial charge in [0.15, 0.2) is 5.69 Å². The van der Waals surface area contributed by atoms with E-state index in [4.69, 9.17) is 0 Å². The van der Waals surface area contributed by atoms with Crippen molar-refractivity contribution in [1.82, 2.24) is 14.7 Å². The Bertz CT molecular complexity index is 769. The van der Waals surface area contributed by atoms with Crippen molar-refractivity contribution < 1.29 is 22.4 Å². The van der Waals surface area contributed by atoms with Crippen LogP contribution in [0.2, 0.25) is 0 Å². The summed E-state index contributed by atoms with van der Waals surface area (Å²) in [5.41, 5.74) is -0.598. The van der Waals surface area contributed by atoms with E-state index >= 15 is 0 Å². The Morgan fingerprint density at radius 1 is 1.29 bits per heavy atom. The van der Waals surface area contributed by atoms with Crippen LogP contribution < -0.4 is 0 Å². The highest BCUT2D eigenvalue weighted by Crippen LogP contribution is 2.34. The average Bonchev–Trinajstić information content (AvgIpc) is 3.12. The largest absolute Gasteiger partial charge is 0.435 e. The van der Waals surface area contributed by atoms with E-state index in [-0.39, 0.29) is 11.7 Å². The molecule has 4 nitrogen and oxygen atoms in total. The molecular weight excluding hydrogens is 326 g/mol. The third-order valence-corrected chi connectivity index (χ3v) is 4.14. The second-order valence-corrected chi connectivity index (χ2v) is 5.75. The van der Waals surface area contributed by atoms with Crippen LogP contribution in [0.4, 0.5) is 17.6 Å². The van der Waals surface area contributed by atoms with Crippen LogP contribution in [-0.2, 0) is 13.2 Å². The predicted octanol–water partition coefficient (Wildman–Crippen LogP) is 3.56. The number of aryl methyl sites for hydroxylation is 1. The number of aromatic nitrogens is 2. The summed E-state index contributed by atoms with van der Waals surface area (Å²) >= 11 is 0. The highest BCUT2D eigenvalue weighted by atomic mass is 19.4. The molecule has 8 heteroatoms. The molecule has 1 atom stereocenters. The van der Waals surface area contributed by atoms with Gasteiger partial charge in [0.05, 0.1) is 6.04 Å². The summed E-state index contributed by atoms with van der Waals surface area (Å²) in [6, 6.07) is 6.32. The highest BCUT2D eigenvalue weighted by Gasteiger charge is 2.37. The molecule has 1 aliphatic rings. The molecule has 24 heavy (non-hydrogen) atoms. The smallest absolute Gasteiger partial charge is 0.330 e. The molecule has 0 unspecified atom stereocenters. The molecule has 3 rings (SSSR count). The fourth-order valence-corrected chi connectivity index (χ4v) is 3.02. The first-order valence-corrected chi connectivity index (χ1v) is 7.45. The van der Waals surface area contributed by atoms with Crippen LogP contribution in [-0.4, -0.2) is 27.1 Å². The Morgan fingerprint density at radius 2 is 2.04 bits per heavy atom. The van der Waals surface area contributed by atoms with Crippen LogP contribution in [0.5, 0.6) is 0 Å². The molecule has 1 aromatic carbocycles. The summed E-state index contributed by atoms with van der Waals surface area (Å²) < 4.78 is 52.7. The van der Waals surface area contributed by atoms with E-state index in [1.54, 1.807) is 12.1 Å². The highest BCUT2D eigenvalue weighted by molar-refractivity contribution is 5.93. The molecule has 0 radical (unpaired) electrons. The lowest BCUT2D eigenvalue weighted by Gasteiger charge is -2.25. The number of benzene rings is 1. The number of carbonyl (C=O) groups is 1. The fraction of sp³-hybridized carbons (Fsp3) is 0.375. The maximum Gasteiger partial charge on any atom is 0.435 e. The van der Waals surface area contributed by atoms with E-state index in [1.807, 2.05) is 0 Å². The average molecular weight is 341 g/mol. The summed E-state index contributed by atoms with van der Waals surface area (Å²) in [4.78, 5) is 14.2. The minimum absolute atomic E-state index is 0.134. The van der Waals surface area contributed by atoms with Gasteiger partial charge >= 0.3 is 6.18 Å². The van der Waals surface area contributed by atoms with Crippen molar-refractivity contribution >= 4 is 5.91 Å². The van der Waals surface area contributed by atoms with Crippen LogP contribution in [0.15, 0.2) is 30.3 Å². The summed E-state index contributed by atoms with van der Waals surface area (Å²) in [5.74, 6) is -0.945. The van der Waals surface area contributed by atoms with Gasteiger partial charge in [-0.3, -0.25) is 9.48 Å². The Balaban J connectivity index is 1.90. The second kappa shape index (κ2) is 5.92. The van der Waals surface area contributed by atoms with Gasteiger partial charge in [-0.1, -0.05) is 12.1 Å². The molecule has 0 N–H and O–H groups in total. The molecule has 1 saturated heterocycles. The third-order valence-electron chi connectivity index (χ3n) is 4.14. The van der Waals surface area contributed by atoms with Crippen LogP contribution in [0.3, 0.4) is 0 Å². The van der Waals surface area contributed by atoms with Gasteiger partial charge in [0.1, 0.15) is 11.5 Å². The van der Waals surface area contributed by atoms with Gasteiger partial charge in [0, 0.05) is 19.7 Å². The van der Waals surface area contributed by atoms with Crippen molar-refractivity contribution in [2.45, 2.75) is 25.1 Å². The van der Waals surface area contributed by atoms with E-state index in [2.05, 4.69) is 5.10 Å². The number of amides is 1. The number of carbonyl (C=O) groups excluding carboxylic acids is 1. The molecule has 1 amide bonds. The van der Waals surface area contributed by atoms with E-state index < -0.39 is 23.6 Å². The van der Waals surface area contributed by atoms with Gasteiger partial charge in [-0.05, 0) is 30.5 Å². The zero-order valence-corrected chi connectivity index (χ0v) is 12.8. The molecule has 1 aromatic heterocycles. The van der Waals surface area contributed by atoms with Crippen molar-refractivity contribution in [3.05, 3.63) is 53.1 Å². The zero-order valence-electron chi connectivity index (χ0n) is 12.8. The predicted molar refractivity (Wildman–Crippen MR) is 77.6 cm³/mol. The first-order valence-electron chi connectivity index (χ1n) is 7.45. The van der Waals surface area contributed by atoms with Crippen LogP contribution >= 0.6 is 0 Å². The number of likely N-dealkylation sites (tertiary alicyclic amines) is 1. The Kier molecular flexibility index (Phi) is 4.06. The normalized spacial score (nSPS) is 18.2. The van der Waals surface area contributed by atoms with Crippen molar-refractivity contribution in [2.75, 3.05) is 6.54 Å². The van der Waals surface area contributed by atoms with Gasteiger partial charge in [-0.25, -0.2) is 4.39 Å².